The highest BCUT2D eigenvalue weighted by molar-refractivity contribution is 6.05. The van der Waals surface area contributed by atoms with Gasteiger partial charge in [-0.15, -0.1) is 0 Å². The lowest BCUT2D eigenvalue weighted by Crippen LogP contribution is -2.35. The Balaban J connectivity index is 1.21. The molecule has 2 heterocycles. The second-order valence-electron chi connectivity index (χ2n) is 7.80. The van der Waals surface area contributed by atoms with Crippen molar-refractivity contribution in [3.8, 4) is 5.69 Å². The van der Waals surface area contributed by atoms with E-state index in [1.807, 2.05) is 36.5 Å². The zero-order valence-electron chi connectivity index (χ0n) is 16.4. The van der Waals surface area contributed by atoms with Gasteiger partial charge in [0.2, 0.25) is 17.7 Å². The van der Waals surface area contributed by atoms with E-state index in [1.54, 1.807) is 10.9 Å². The predicted molar refractivity (Wildman–Crippen MR) is 107 cm³/mol. The second-order valence-corrected chi connectivity index (χ2v) is 7.80. The van der Waals surface area contributed by atoms with Crippen molar-refractivity contribution in [2.75, 3.05) is 13.1 Å². The molecule has 2 fully saturated rings. The van der Waals surface area contributed by atoms with Crippen molar-refractivity contribution in [3.05, 3.63) is 48.3 Å². The molecule has 2 atom stereocenters. The molecule has 2 aromatic rings. The molecule has 1 N–H and O–H groups in total. The van der Waals surface area contributed by atoms with Crippen LogP contribution in [0.5, 0.6) is 0 Å². The van der Waals surface area contributed by atoms with Gasteiger partial charge in [0, 0.05) is 25.7 Å². The first-order valence-corrected chi connectivity index (χ1v) is 10.3. The maximum atomic E-state index is 12.4. The number of aromatic nitrogens is 2. The summed E-state index contributed by atoms with van der Waals surface area (Å²) in [5.41, 5.74) is 2.02. The van der Waals surface area contributed by atoms with Gasteiger partial charge < -0.3 is 5.32 Å². The summed E-state index contributed by atoms with van der Waals surface area (Å²) in [5.74, 6) is -0.612. The van der Waals surface area contributed by atoms with Gasteiger partial charge in [0.15, 0.2) is 0 Å². The molecule has 4 rings (SSSR count). The van der Waals surface area contributed by atoms with Gasteiger partial charge in [0.05, 0.1) is 23.7 Å². The smallest absolute Gasteiger partial charge is 0.233 e. The molecule has 29 heavy (non-hydrogen) atoms. The molecule has 2 aliphatic rings. The van der Waals surface area contributed by atoms with Crippen molar-refractivity contribution in [3.63, 3.8) is 0 Å². The van der Waals surface area contributed by atoms with Crippen molar-refractivity contribution in [1.29, 1.82) is 0 Å². The van der Waals surface area contributed by atoms with Crippen LogP contribution >= 0.6 is 0 Å². The van der Waals surface area contributed by atoms with Crippen LogP contribution in [0.2, 0.25) is 0 Å². The van der Waals surface area contributed by atoms with E-state index in [1.165, 1.54) is 4.90 Å². The summed E-state index contributed by atoms with van der Waals surface area (Å²) in [6.07, 6.45) is 8.19. The van der Waals surface area contributed by atoms with E-state index in [0.717, 1.165) is 36.9 Å². The van der Waals surface area contributed by atoms with Crippen LogP contribution in [0.1, 0.15) is 37.7 Å². The molecule has 1 aliphatic heterocycles. The third kappa shape index (κ3) is 4.23. The molecule has 0 bridgehead atoms. The van der Waals surface area contributed by atoms with Gasteiger partial charge in [-0.1, -0.05) is 31.0 Å². The van der Waals surface area contributed by atoms with E-state index in [-0.39, 0.29) is 42.5 Å². The quantitative estimate of drug-likeness (QED) is 0.729. The number of nitrogens with one attached hydrogen (secondary N) is 1. The molecular weight excluding hydrogens is 368 g/mol. The van der Waals surface area contributed by atoms with Crippen LogP contribution in [0.25, 0.3) is 5.69 Å². The lowest BCUT2D eigenvalue weighted by atomic mass is 9.81. The van der Waals surface area contributed by atoms with Crippen molar-refractivity contribution in [1.82, 2.24) is 20.0 Å². The van der Waals surface area contributed by atoms with Crippen molar-refractivity contribution in [2.45, 2.75) is 38.5 Å². The van der Waals surface area contributed by atoms with Crippen molar-refractivity contribution in [2.24, 2.45) is 11.8 Å². The van der Waals surface area contributed by atoms with E-state index in [9.17, 15) is 14.4 Å². The molecule has 0 spiro atoms. The molecule has 7 heteroatoms. The Morgan fingerprint density at radius 2 is 1.76 bits per heavy atom. The molecular formula is C22H26N4O3. The Morgan fingerprint density at radius 1 is 1.07 bits per heavy atom. The highest BCUT2D eigenvalue weighted by atomic mass is 16.2. The fraction of sp³-hybridized carbons (Fsp3) is 0.455. The molecule has 1 aromatic heterocycles. The minimum Gasteiger partial charge on any atom is -0.356 e. The number of para-hydroxylation sites is 1. The molecule has 2 unspecified atom stereocenters. The maximum absolute atomic E-state index is 12.4. The zero-order chi connectivity index (χ0) is 20.2. The molecule has 1 saturated heterocycles. The van der Waals surface area contributed by atoms with Gasteiger partial charge in [-0.05, 0) is 37.0 Å². The summed E-state index contributed by atoms with van der Waals surface area (Å²) >= 11 is 0. The summed E-state index contributed by atoms with van der Waals surface area (Å²) in [4.78, 5) is 38.4. The van der Waals surface area contributed by atoms with Crippen LogP contribution in [0.4, 0.5) is 0 Å². The SMILES string of the molecule is O=C(CCN1C(=O)C2CCCCC2C1=O)NCCc1cnn(-c2ccccc2)c1. The number of hydrogen-bond donors (Lipinski definition) is 1. The first-order chi connectivity index (χ1) is 14.1. The number of carbonyl (C=O) groups is 3. The fourth-order valence-corrected chi connectivity index (χ4v) is 4.31. The summed E-state index contributed by atoms with van der Waals surface area (Å²) in [5, 5.41) is 7.22. The number of benzene rings is 1. The lowest BCUT2D eigenvalue weighted by molar-refractivity contribution is -0.140. The second kappa shape index (κ2) is 8.59. The molecule has 3 amide bonds. The average molecular weight is 394 g/mol. The Kier molecular flexibility index (Phi) is 5.74. The lowest BCUT2D eigenvalue weighted by Gasteiger charge is -2.19. The summed E-state index contributed by atoms with van der Waals surface area (Å²) in [7, 11) is 0. The first kappa shape index (κ1) is 19.4. The molecule has 1 aliphatic carbocycles. The van der Waals surface area contributed by atoms with Crippen LogP contribution in [0.15, 0.2) is 42.7 Å². The van der Waals surface area contributed by atoms with Gasteiger partial charge in [-0.3, -0.25) is 19.3 Å². The van der Waals surface area contributed by atoms with Crippen molar-refractivity contribution >= 4 is 17.7 Å². The Labute approximate surface area is 170 Å². The molecule has 1 saturated carbocycles. The van der Waals surface area contributed by atoms with Gasteiger partial charge in [-0.2, -0.15) is 5.10 Å². The van der Waals surface area contributed by atoms with Gasteiger partial charge in [-0.25, -0.2) is 4.68 Å². The number of rotatable bonds is 7. The van der Waals surface area contributed by atoms with Crippen molar-refractivity contribution < 1.29 is 14.4 Å². The van der Waals surface area contributed by atoms with E-state index in [0.29, 0.717) is 13.0 Å². The van der Waals surface area contributed by atoms with Gasteiger partial charge in [0.1, 0.15) is 0 Å². The predicted octanol–water partition coefficient (Wildman–Crippen LogP) is 2.10. The summed E-state index contributed by atoms with van der Waals surface area (Å²) in [6, 6.07) is 9.84. The minimum absolute atomic E-state index is 0.0826. The third-order valence-electron chi connectivity index (χ3n) is 5.89. The number of carbonyl (C=O) groups excluding carboxylic acids is 3. The van der Waals surface area contributed by atoms with Crippen LogP contribution < -0.4 is 5.32 Å². The molecule has 1 aromatic carbocycles. The minimum atomic E-state index is -0.152. The topological polar surface area (TPSA) is 84.3 Å². The highest BCUT2D eigenvalue weighted by Crippen LogP contribution is 2.37. The van der Waals surface area contributed by atoms with Crippen LogP contribution in [0.3, 0.4) is 0 Å². The summed E-state index contributed by atoms with van der Waals surface area (Å²) in [6.45, 7) is 0.675. The number of hydrogen-bond acceptors (Lipinski definition) is 4. The third-order valence-corrected chi connectivity index (χ3v) is 5.89. The van der Waals surface area contributed by atoms with E-state index in [4.69, 9.17) is 0 Å². The number of amides is 3. The number of likely N-dealkylation sites (tertiary alicyclic amines) is 1. The number of nitrogens with zero attached hydrogens (tertiary/aromatic N) is 3. The number of imide groups is 1. The van der Waals surface area contributed by atoms with Crippen LogP contribution in [-0.2, 0) is 20.8 Å². The Morgan fingerprint density at radius 3 is 2.45 bits per heavy atom. The maximum Gasteiger partial charge on any atom is 0.233 e. The van der Waals surface area contributed by atoms with E-state index >= 15 is 0 Å². The highest BCUT2D eigenvalue weighted by Gasteiger charge is 2.47. The van der Waals surface area contributed by atoms with E-state index < -0.39 is 0 Å². The molecule has 0 radical (unpaired) electrons. The van der Waals surface area contributed by atoms with Gasteiger partial charge >= 0.3 is 0 Å². The largest absolute Gasteiger partial charge is 0.356 e. The average Bonchev–Trinajstić information content (AvgIpc) is 3.31. The van der Waals surface area contributed by atoms with E-state index in [2.05, 4.69) is 10.4 Å². The normalized spacial score (nSPS) is 21.3. The van der Waals surface area contributed by atoms with Crippen LogP contribution in [0, 0.1) is 11.8 Å². The molecule has 152 valence electrons. The fourth-order valence-electron chi connectivity index (χ4n) is 4.31. The first-order valence-electron chi connectivity index (χ1n) is 10.3. The van der Waals surface area contributed by atoms with Crippen LogP contribution in [-0.4, -0.2) is 45.5 Å². The van der Waals surface area contributed by atoms with Gasteiger partial charge in [0.25, 0.3) is 0 Å². The Bertz CT molecular complexity index is 868. The number of fused-ring (bicyclic) bond motifs is 1. The monoisotopic (exact) mass is 394 g/mol. The zero-order valence-corrected chi connectivity index (χ0v) is 16.4. The Hall–Kier alpha value is -2.96. The molecule has 7 nitrogen and oxygen atoms in total. The standard InChI is InChI=1S/C22H26N4O3/c27-20(11-13-25-21(28)18-8-4-5-9-19(18)22(25)29)23-12-10-16-14-24-26(15-16)17-6-2-1-3-7-17/h1-3,6-7,14-15,18-19H,4-5,8-13H2,(H,23,27). The summed E-state index contributed by atoms with van der Waals surface area (Å²) < 4.78 is 1.81.